The van der Waals surface area contributed by atoms with Gasteiger partial charge in [-0.05, 0) is 25.7 Å². The lowest BCUT2D eigenvalue weighted by Crippen LogP contribution is -2.42. The average molecular weight is 433 g/mol. The van der Waals surface area contributed by atoms with Gasteiger partial charge >= 0.3 is 0 Å². The van der Waals surface area contributed by atoms with Crippen LogP contribution in [0.25, 0.3) is 0 Å². The third-order valence-electron chi connectivity index (χ3n) is 7.70. The van der Waals surface area contributed by atoms with Gasteiger partial charge in [0.05, 0.1) is 5.84 Å². The van der Waals surface area contributed by atoms with Crippen molar-refractivity contribution in [3.8, 4) is 0 Å². The van der Waals surface area contributed by atoms with Crippen LogP contribution in [0.5, 0.6) is 0 Å². The summed E-state index contributed by atoms with van der Waals surface area (Å²) in [6, 6.07) is 0.808. The van der Waals surface area contributed by atoms with Gasteiger partial charge in [-0.15, -0.1) is 0 Å². The fourth-order valence-corrected chi connectivity index (χ4v) is 5.69. The van der Waals surface area contributed by atoms with Gasteiger partial charge in [0.15, 0.2) is 0 Å². The van der Waals surface area contributed by atoms with Crippen LogP contribution in [0, 0.1) is 0 Å². The van der Waals surface area contributed by atoms with E-state index in [1.807, 2.05) is 0 Å². The number of hydrogen-bond donors (Lipinski definition) is 0. The molecule has 182 valence electrons. The van der Waals surface area contributed by atoms with Crippen molar-refractivity contribution in [1.29, 1.82) is 0 Å². The highest BCUT2D eigenvalue weighted by Gasteiger charge is 2.25. The molecule has 31 heavy (non-hydrogen) atoms. The molecule has 0 aliphatic carbocycles. The highest BCUT2D eigenvalue weighted by molar-refractivity contribution is 5.83. The Kier molecular flexibility index (Phi) is 16.4. The van der Waals surface area contributed by atoms with Gasteiger partial charge in [0.1, 0.15) is 0 Å². The highest BCUT2D eigenvalue weighted by atomic mass is 15.2. The van der Waals surface area contributed by atoms with E-state index in [-0.39, 0.29) is 0 Å². The second-order valence-corrected chi connectivity index (χ2v) is 10.5. The monoisotopic (exact) mass is 432 g/mol. The molecule has 1 saturated heterocycles. The first kappa shape index (κ1) is 26.7. The normalized spacial score (nSPS) is 19.2. The van der Waals surface area contributed by atoms with E-state index in [0.29, 0.717) is 0 Å². The number of nitrogens with zero attached hydrogens (tertiary/aromatic N) is 2. The van der Waals surface area contributed by atoms with Crippen LogP contribution in [0.2, 0.25) is 0 Å². The lowest BCUT2D eigenvalue weighted by Gasteiger charge is -2.35. The molecular formula is C29H56N2. The van der Waals surface area contributed by atoms with Crippen LogP contribution in [0.15, 0.2) is 4.99 Å². The molecule has 0 saturated carbocycles. The minimum absolute atomic E-state index is 0.808. The smallest absolute Gasteiger partial charge is 0.0991 e. The van der Waals surface area contributed by atoms with Crippen LogP contribution in [-0.4, -0.2) is 29.9 Å². The Morgan fingerprint density at radius 3 is 1.71 bits per heavy atom. The van der Waals surface area contributed by atoms with Crippen LogP contribution >= 0.6 is 0 Å². The molecule has 2 heteroatoms. The van der Waals surface area contributed by atoms with Crippen molar-refractivity contribution in [2.45, 2.75) is 167 Å². The fourth-order valence-electron chi connectivity index (χ4n) is 5.69. The van der Waals surface area contributed by atoms with Crippen molar-refractivity contribution in [3.05, 3.63) is 0 Å². The average Bonchev–Trinajstić information content (AvgIpc) is 3.00. The van der Waals surface area contributed by atoms with Crippen molar-refractivity contribution >= 4 is 5.84 Å². The maximum atomic E-state index is 4.83. The molecule has 0 bridgehead atoms. The van der Waals surface area contributed by atoms with Crippen molar-refractivity contribution < 1.29 is 0 Å². The summed E-state index contributed by atoms with van der Waals surface area (Å²) in [7, 11) is 0. The van der Waals surface area contributed by atoms with E-state index in [4.69, 9.17) is 4.99 Å². The summed E-state index contributed by atoms with van der Waals surface area (Å²) in [5.74, 6) is 1.45. The second-order valence-electron chi connectivity index (χ2n) is 10.5. The van der Waals surface area contributed by atoms with Crippen LogP contribution in [0.1, 0.15) is 161 Å². The number of hydrogen-bond acceptors (Lipinski definition) is 2. The zero-order valence-electron chi connectivity index (χ0n) is 21.4. The Morgan fingerprint density at radius 1 is 0.645 bits per heavy atom. The van der Waals surface area contributed by atoms with Crippen molar-refractivity contribution in [2.24, 2.45) is 4.99 Å². The molecule has 1 fully saturated rings. The topological polar surface area (TPSA) is 15.6 Å². The third kappa shape index (κ3) is 12.9. The first-order chi connectivity index (χ1) is 15.4. The molecule has 2 rings (SSSR count). The summed E-state index contributed by atoms with van der Waals surface area (Å²) in [6.45, 7) is 4.67. The van der Waals surface area contributed by atoms with Gasteiger partial charge in [0, 0.05) is 25.6 Å². The second kappa shape index (κ2) is 19.0. The maximum Gasteiger partial charge on any atom is 0.0991 e. The van der Waals surface area contributed by atoms with Crippen LogP contribution in [0.3, 0.4) is 0 Å². The molecule has 1 unspecified atom stereocenters. The van der Waals surface area contributed by atoms with E-state index in [9.17, 15) is 0 Å². The number of fused-ring (bicyclic) bond motifs is 1. The number of unbranched alkanes of at least 4 members (excludes halogenated alkanes) is 17. The summed E-state index contributed by atoms with van der Waals surface area (Å²) < 4.78 is 0. The molecule has 2 nitrogen and oxygen atoms in total. The van der Waals surface area contributed by atoms with E-state index in [2.05, 4.69) is 11.8 Å². The van der Waals surface area contributed by atoms with Gasteiger partial charge in [-0.25, -0.2) is 0 Å². The Hall–Kier alpha value is -0.530. The zero-order chi connectivity index (χ0) is 21.8. The van der Waals surface area contributed by atoms with Crippen LogP contribution in [0.4, 0.5) is 0 Å². The molecule has 0 aromatic rings. The SMILES string of the molecule is CCCCCCCCCCCCCCCCCCCCC1CCCCC2=NCCCN21. The molecule has 2 aliphatic heterocycles. The first-order valence-electron chi connectivity index (χ1n) is 14.7. The van der Waals surface area contributed by atoms with E-state index < -0.39 is 0 Å². The molecule has 0 aromatic carbocycles. The van der Waals surface area contributed by atoms with E-state index in [1.54, 1.807) is 0 Å². The molecule has 2 heterocycles. The van der Waals surface area contributed by atoms with Gasteiger partial charge in [-0.2, -0.15) is 0 Å². The fraction of sp³-hybridized carbons (Fsp3) is 0.966. The van der Waals surface area contributed by atoms with E-state index in [0.717, 1.165) is 12.6 Å². The Labute approximate surface area is 196 Å². The molecule has 0 aromatic heterocycles. The minimum Gasteiger partial charge on any atom is -0.357 e. The van der Waals surface area contributed by atoms with Gasteiger partial charge in [0.2, 0.25) is 0 Å². The molecule has 1 atom stereocenters. The number of rotatable bonds is 19. The molecule has 0 radical (unpaired) electrons. The molecule has 0 spiro atoms. The van der Waals surface area contributed by atoms with Crippen molar-refractivity contribution in [1.82, 2.24) is 4.90 Å². The van der Waals surface area contributed by atoms with Gasteiger partial charge < -0.3 is 4.90 Å². The van der Waals surface area contributed by atoms with E-state index in [1.165, 1.54) is 166 Å². The lowest BCUT2D eigenvalue weighted by atomic mass is 10.0. The van der Waals surface area contributed by atoms with Crippen molar-refractivity contribution in [2.75, 3.05) is 13.1 Å². The predicted molar refractivity (Wildman–Crippen MR) is 139 cm³/mol. The summed E-state index contributed by atoms with van der Waals surface area (Å²) in [6.07, 6.45) is 34.5. The summed E-state index contributed by atoms with van der Waals surface area (Å²) in [5, 5.41) is 0. The van der Waals surface area contributed by atoms with Gasteiger partial charge in [0.25, 0.3) is 0 Å². The summed E-state index contributed by atoms with van der Waals surface area (Å²) in [5.41, 5.74) is 0. The molecular weight excluding hydrogens is 376 g/mol. The minimum atomic E-state index is 0.808. The third-order valence-corrected chi connectivity index (χ3v) is 7.70. The number of amidine groups is 1. The van der Waals surface area contributed by atoms with Crippen LogP contribution in [-0.2, 0) is 0 Å². The van der Waals surface area contributed by atoms with Gasteiger partial charge in [-0.3, -0.25) is 4.99 Å². The predicted octanol–water partition coefficient (Wildman–Crippen LogP) is 9.47. The maximum absolute atomic E-state index is 4.83. The first-order valence-corrected chi connectivity index (χ1v) is 14.7. The number of aliphatic imine (C=N–C) groups is 1. The Bertz CT molecular complexity index is 430. The Balaban J connectivity index is 1.31. The molecule has 0 amide bonds. The summed E-state index contributed by atoms with van der Waals surface area (Å²) >= 11 is 0. The van der Waals surface area contributed by atoms with E-state index >= 15 is 0 Å². The van der Waals surface area contributed by atoms with Crippen molar-refractivity contribution in [3.63, 3.8) is 0 Å². The zero-order valence-corrected chi connectivity index (χ0v) is 21.4. The largest absolute Gasteiger partial charge is 0.357 e. The van der Waals surface area contributed by atoms with Crippen LogP contribution < -0.4 is 0 Å². The highest BCUT2D eigenvalue weighted by Crippen LogP contribution is 2.25. The standard InChI is InChI=1S/C29H56N2/c1-2-3-4-5-6-7-8-9-10-11-12-13-14-15-16-17-18-19-23-28-24-20-21-25-29-30-26-22-27-31(28)29/h28H,2-27H2,1H3. The lowest BCUT2D eigenvalue weighted by molar-refractivity contribution is 0.265. The summed E-state index contributed by atoms with van der Waals surface area (Å²) in [4.78, 5) is 7.53. The quantitative estimate of drug-likeness (QED) is 0.185. The van der Waals surface area contributed by atoms with Gasteiger partial charge in [-0.1, -0.05) is 129 Å². The molecule has 0 N–H and O–H groups in total. The molecule has 2 aliphatic rings. The Morgan fingerprint density at radius 2 is 1.16 bits per heavy atom.